The summed E-state index contributed by atoms with van der Waals surface area (Å²) < 4.78 is 42.0. The summed E-state index contributed by atoms with van der Waals surface area (Å²) >= 11 is 9.06. The lowest BCUT2D eigenvalue weighted by Gasteiger charge is -2.21. The highest BCUT2D eigenvalue weighted by Crippen LogP contribution is 2.34. The van der Waals surface area contributed by atoms with Crippen LogP contribution < -0.4 is 5.32 Å². The zero-order valence-electron chi connectivity index (χ0n) is 11.3. The molecule has 1 nitrogen and oxygen atoms in total. The standard InChI is InChI=1S/C15H12BrClF3N/c1-7-3-9(10(17)6-11(7)18)15(21-2)14-12(19)4-8(16)5-13(14)20/h3-6,15,21H,1-2H3. The molecule has 112 valence electrons. The van der Waals surface area contributed by atoms with Gasteiger partial charge in [0.15, 0.2) is 0 Å². The van der Waals surface area contributed by atoms with Crippen LogP contribution in [0.1, 0.15) is 22.7 Å². The number of benzene rings is 2. The van der Waals surface area contributed by atoms with Crippen LogP contribution in [0.4, 0.5) is 13.2 Å². The zero-order chi connectivity index (χ0) is 15.7. The van der Waals surface area contributed by atoms with Crippen molar-refractivity contribution in [1.82, 2.24) is 5.32 Å². The minimum atomic E-state index is -0.815. The van der Waals surface area contributed by atoms with Crippen molar-refractivity contribution in [2.45, 2.75) is 13.0 Å². The Morgan fingerprint density at radius 1 is 1.05 bits per heavy atom. The Morgan fingerprint density at radius 3 is 2.14 bits per heavy atom. The first kappa shape index (κ1) is 16.3. The Labute approximate surface area is 134 Å². The van der Waals surface area contributed by atoms with Gasteiger partial charge in [-0.05, 0) is 49.4 Å². The summed E-state index contributed by atoms with van der Waals surface area (Å²) in [5.74, 6) is -1.88. The summed E-state index contributed by atoms with van der Waals surface area (Å²) in [7, 11) is 1.56. The third-order valence-electron chi connectivity index (χ3n) is 3.21. The van der Waals surface area contributed by atoms with Crippen molar-refractivity contribution >= 4 is 27.5 Å². The van der Waals surface area contributed by atoms with Crippen LogP contribution in [0.5, 0.6) is 0 Å². The molecule has 0 fully saturated rings. The molecule has 0 bridgehead atoms. The number of hydrogen-bond acceptors (Lipinski definition) is 1. The summed E-state index contributed by atoms with van der Waals surface area (Å²) in [6, 6.07) is 4.16. The largest absolute Gasteiger partial charge is 0.309 e. The van der Waals surface area contributed by atoms with Gasteiger partial charge in [0.05, 0.1) is 6.04 Å². The number of hydrogen-bond donors (Lipinski definition) is 1. The zero-order valence-corrected chi connectivity index (χ0v) is 13.6. The second-order valence-corrected chi connectivity index (χ2v) is 5.95. The van der Waals surface area contributed by atoms with Gasteiger partial charge in [-0.2, -0.15) is 0 Å². The number of nitrogens with one attached hydrogen (secondary N) is 1. The van der Waals surface area contributed by atoms with Crippen molar-refractivity contribution < 1.29 is 13.2 Å². The van der Waals surface area contributed by atoms with E-state index in [9.17, 15) is 13.2 Å². The molecule has 2 aromatic carbocycles. The maximum absolute atomic E-state index is 14.1. The van der Waals surface area contributed by atoms with E-state index in [4.69, 9.17) is 11.6 Å². The van der Waals surface area contributed by atoms with Crippen LogP contribution in [-0.2, 0) is 0 Å². The molecule has 0 aliphatic rings. The molecule has 0 aromatic heterocycles. The molecule has 0 radical (unpaired) electrons. The third kappa shape index (κ3) is 3.25. The van der Waals surface area contributed by atoms with E-state index in [0.717, 1.165) is 6.07 Å². The van der Waals surface area contributed by atoms with Gasteiger partial charge in [0.1, 0.15) is 17.5 Å². The van der Waals surface area contributed by atoms with Crippen molar-refractivity contribution in [1.29, 1.82) is 0 Å². The Morgan fingerprint density at radius 2 is 1.62 bits per heavy atom. The van der Waals surface area contributed by atoms with Crippen LogP contribution in [0.15, 0.2) is 28.7 Å². The van der Waals surface area contributed by atoms with Gasteiger partial charge in [-0.15, -0.1) is 0 Å². The van der Waals surface area contributed by atoms with E-state index >= 15 is 0 Å². The Balaban J connectivity index is 2.63. The highest BCUT2D eigenvalue weighted by molar-refractivity contribution is 9.10. The van der Waals surface area contributed by atoms with Crippen LogP contribution >= 0.6 is 27.5 Å². The maximum atomic E-state index is 14.1. The Kier molecular flexibility index (Phi) is 4.96. The fraction of sp³-hybridized carbons (Fsp3) is 0.200. The third-order valence-corrected chi connectivity index (χ3v) is 4.00. The summed E-state index contributed by atoms with van der Waals surface area (Å²) in [5, 5.41) is 2.93. The summed E-state index contributed by atoms with van der Waals surface area (Å²) in [5.41, 5.74) is 0.611. The average molecular weight is 379 g/mol. The van der Waals surface area contributed by atoms with Crippen molar-refractivity contribution in [3.63, 3.8) is 0 Å². The van der Waals surface area contributed by atoms with E-state index in [0.29, 0.717) is 15.6 Å². The normalized spacial score (nSPS) is 12.5. The highest BCUT2D eigenvalue weighted by atomic mass is 79.9. The van der Waals surface area contributed by atoms with Crippen LogP contribution in [-0.4, -0.2) is 7.05 Å². The van der Waals surface area contributed by atoms with Gasteiger partial charge >= 0.3 is 0 Å². The molecule has 0 heterocycles. The lowest BCUT2D eigenvalue weighted by atomic mass is 9.96. The minimum Gasteiger partial charge on any atom is -0.309 e. The molecule has 6 heteroatoms. The van der Waals surface area contributed by atoms with Gasteiger partial charge in [-0.3, -0.25) is 0 Å². The lowest BCUT2D eigenvalue weighted by Crippen LogP contribution is -2.21. The Bertz CT molecular complexity index is 668. The molecule has 0 saturated heterocycles. The van der Waals surface area contributed by atoms with Crippen LogP contribution in [0.2, 0.25) is 5.02 Å². The maximum Gasteiger partial charge on any atom is 0.132 e. The first-order chi connectivity index (χ1) is 9.85. The van der Waals surface area contributed by atoms with Gasteiger partial charge in [-0.1, -0.05) is 27.5 Å². The number of halogens is 5. The average Bonchev–Trinajstić information content (AvgIpc) is 2.38. The van der Waals surface area contributed by atoms with E-state index < -0.39 is 23.5 Å². The monoisotopic (exact) mass is 377 g/mol. The molecule has 1 N–H and O–H groups in total. The smallest absolute Gasteiger partial charge is 0.132 e. The molecule has 1 unspecified atom stereocenters. The lowest BCUT2D eigenvalue weighted by molar-refractivity contribution is 0.520. The van der Waals surface area contributed by atoms with Crippen LogP contribution in [0.3, 0.4) is 0 Å². The molecule has 0 saturated carbocycles. The molecule has 21 heavy (non-hydrogen) atoms. The fourth-order valence-electron chi connectivity index (χ4n) is 2.19. The van der Waals surface area contributed by atoms with Gasteiger partial charge in [-0.25, -0.2) is 13.2 Å². The first-order valence-corrected chi connectivity index (χ1v) is 7.29. The van der Waals surface area contributed by atoms with Gasteiger partial charge in [0.2, 0.25) is 0 Å². The van der Waals surface area contributed by atoms with Gasteiger partial charge in [0, 0.05) is 15.1 Å². The molecule has 0 spiro atoms. The molecular formula is C15H12BrClF3N. The molecule has 2 aromatic rings. The molecule has 2 rings (SSSR count). The molecule has 0 aliphatic heterocycles. The molecule has 0 amide bonds. The quantitative estimate of drug-likeness (QED) is 0.780. The van der Waals surface area contributed by atoms with Gasteiger partial charge in [0.25, 0.3) is 0 Å². The second-order valence-electron chi connectivity index (χ2n) is 4.63. The van der Waals surface area contributed by atoms with E-state index in [2.05, 4.69) is 21.2 Å². The molecule has 1 atom stereocenters. The first-order valence-electron chi connectivity index (χ1n) is 6.12. The predicted octanol–water partition coefficient (Wildman–Crippen LogP) is 5.14. The van der Waals surface area contributed by atoms with Crippen molar-refractivity contribution in [3.8, 4) is 0 Å². The highest BCUT2D eigenvalue weighted by Gasteiger charge is 2.24. The van der Waals surface area contributed by atoms with Crippen LogP contribution in [0, 0.1) is 24.4 Å². The van der Waals surface area contributed by atoms with E-state index in [1.54, 1.807) is 14.0 Å². The summed E-state index contributed by atoms with van der Waals surface area (Å²) in [4.78, 5) is 0. The second kappa shape index (κ2) is 6.38. The number of rotatable bonds is 3. The van der Waals surface area contributed by atoms with E-state index in [-0.39, 0.29) is 10.6 Å². The topological polar surface area (TPSA) is 12.0 Å². The minimum absolute atomic E-state index is 0.110. The number of aryl methyl sites for hydroxylation is 1. The molecule has 0 aliphatic carbocycles. The van der Waals surface area contributed by atoms with Crippen molar-refractivity contribution in [3.05, 3.63) is 67.9 Å². The predicted molar refractivity (Wildman–Crippen MR) is 81.1 cm³/mol. The summed E-state index contributed by atoms with van der Waals surface area (Å²) in [6.07, 6.45) is 0. The van der Waals surface area contributed by atoms with Crippen molar-refractivity contribution in [2.24, 2.45) is 0 Å². The van der Waals surface area contributed by atoms with E-state index in [1.807, 2.05) is 0 Å². The van der Waals surface area contributed by atoms with Crippen LogP contribution in [0.25, 0.3) is 0 Å². The summed E-state index contributed by atoms with van der Waals surface area (Å²) in [6.45, 7) is 1.57. The Hall–Kier alpha value is -1.04. The van der Waals surface area contributed by atoms with Gasteiger partial charge < -0.3 is 5.32 Å². The van der Waals surface area contributed by atoms with E-state index in [1.165, 1.54) is 18.2 Å². The fourth-order valence-corrected chi connectivity index (χ4v) is 2.85. The SMILES string of the molecule is CNC(c1cc(C)c(F)cc1Cl)c1c(F)cc(Br)cc1F. The van der Waals surface area contributed by atoms with Crippen molar-refractivity contribution in [2.75, 3.05) is 7.05 Å². The molecular weight excluding hydrogens is 367 g/mol.